The fraction of sp³-hybridized carbons (Fsp3) is 0.273. The minimum Gasteiger partial charge on any atom is -0.325 e. The Kier molecular flexibility index (Phi) is 5.29. The van der Waals surface area contributed by atoms with Crippen LogP contribution in [0.5, 0.6) is 0 Å². The summed E-state index contributed by atoms with van der Waals surface area (Å²) in [5, 5.41) is 12.5. The molecule has 13 heteroatoms. The lowest BCUT2D eigenvalue weighted by Gasteiger charge is -2.33. The van der Waals surface area contributed by atoms with Crippen molar-refractivity contribution >= 4 is 11.5 Å². The number of alkyl halides is 6. The number of nitrogens with zero attached hydrogens (tertiary/aromatic N) is 7. The molecule has 1 aromatic carbocycles. The number of pyridine rings is 1. The summed E-state index contributed by atoms with van der Waals surface area (Å²) >= 11 is 0. The summed E-state index contributed by atoms with van der Waals surface area (Å²) in [6, 6.07) is 5.11. The SMILES string of the molecule is Cc1cc(-n2ccc(-n3nccn3)n2)c2c(n1)N(c1ccc(C(F)(F)F)cc1C(F)(F)F)CCC2. The molecule has 0 atom stereocenters. The Morgan fingerprint density at radius 1 is 0.886 bits per heavy atom. The van der Waals surface area contributed by atoms with Gasteiger partial charge in [0.05, 0.1) is 34.9 Å². The molecule has 0 amide bonds. The number of aryl methyl sites for hydroxylation is 1. The first-order chi connectivity index (χ1) is 16.5. The van der Waals surface area contributed by atoms with Gasteiger partial charge in [-0.15, -0.1) is 9.90 Å². The van der Waals surface area contributed by atoms with Crippen LogP contribution in [-0.4, -0.2) is 36.3 Å². The lowest BCUT2D eigenvalue weighted by atomic mass is 10.00. The summed E-state index contributed by atoms with van der Waals surface area (Å²) in [4.78, 5) is 7.13. The molecule has 35 heavy (non-hydrogen) atoms. The zero-order chi connectivity index (χ0) is 25.0. The van der Waals surface area contributed by atoms with E-state index in [0.717, 1.165) is 6.07 Å². The normalized spacial score (nSPS) is 14.3. The smallest absolute Gasteiger partial charge is 0.325 e. The van der Waals surface area contributed by atoms with Crippen LogP contribution in [0.15, 0.2) is 48.9 Å². The molecule has 0 spiro atoms. The van der Waals surface area contributed by atoms with Crippen LogP contribution in [0.1, 0.15) is 28.8 Å². The molecule has 0 N–H and O–H groups in total. The molecular weight excluding hydrogens is 476 g/mol. The Bertz CT molecular complexity index is 1370. The van der Waals surface area contributed by atoms with Crippen molar-refractivity contribution in [2.45, 2.75) is 32.1 Å². The van der Waals surface area contributed by atoms with E-state index in [-0.39, 0.29) is 24.1 Å². The van der Waals surface area contributed by atoms with E-state index in [1.165, 1.54) is 22.1 Å². The van der Waals surface area contributed by atoms with E-state index < -0.39 is 23.5 Å². The number of halogens is 6. The summed E-state index contributed by atoms with van der Waals surface area (Å²) in [6.07, 6.45) is -4.25. The summed E-state index contributed by atoms with van der Waals surface area (Å²) in [6.45, 7) is 1.85. The third-order valence-corrected chi connectivity index (χ3v) is 5.64. The predicted octanol–water partition coefficient (Wildman–Crippen LogP) is 5.28. The summed E-state index contributed by atoms with van der Waals surface area (Å²) in [7, 11) is 0. The van der Waals surface area contributed by atoms with Crippen LogP contribution < -0.4 is 4.90 Å². The van der Waals surface area contributed by atoms with Crippen molar-refractivity contribution in [3.63, 3.8) is 0 Å². The summed E-state index contributed by atoms with van der Waals surface area (Å²) in [5.74, 6) is 0.693. The van der Waals surface area contributed by atoms with E-state index in [9.17, 15) is 26.3 Å². The van der Waals surface area contributed by atoms with Gasteiger partial charge in [0.1, 0.15) is 5.82 Å². The first-order valence-corrected chi connectivity index (χ1v) is 10.5. The molecule has 1 aliphatic rings. The zero-order valence-electron chi connectivity index (χ0n) is 18.1. The molecule has 0 fully saturated rings. The Morgan fingerprint density at radius 3 is 2.31 bits per heavy atom. The molecule has 7 nitrogen and oxygen atoms in total. The van der Waals surface area contributed by atoms with Crippen molar-refractivity contribution < 1.29 is 26.3 Å². The van der Waals surface area contributed by atoms with Gasteiger partial charge in [-0.05, 0) is 44.0 Å². The monoisotopic (exact) mass is 493 g/mol. The van der Waals surface area contributed by atoms with E-state index >= 15 is 0 Å². The van der Waals surface area contributed by atoms with E-state index in [2.05, 4.69) is 20.3 Å². The molecule has 4 heterocycles. The molecule has 3 aromatic heterocycles. The molecular formula is C22H17F6N7. The number of hydrogen-bond acceptors (Lipinski definition) is 5. The van der Waals surface area contributed by atoms with Crippen LogP contribution in [0.3, 0.4) is 0 Å². The average Bonchev–Trinajstić information content (AvgIpc) is 3.48. The van der Waals surface area contributed by atoms with E-state index in [4.69, 9.17) is 0 Å². The van der Waals surface area contributed by atoms with Crippen LogP contribution >= 0.6 is 0 Å². The van der Waals surface area contributed by atoms with Gasteiger partial charge in [-0.2, -0.15) is 36.5 Å². The maximum Gasteiger partial charge on any atom is 0.418 e. The standard InChI is InChI=1S/C22H17F6N7/c1-13-11-18(34-10-6-19(32-34)35-29-7-8-30-35)15-3-2-9-33(20(15)31-13)17-5-4-14(21(23,24)25)12-16(17)22(26,27)28/h4-8,10-12H,2-3,9H2,1H3. The van der Waals surface area contributed by atoms with Gasteiger partial charge in [-0.1, -0.05) is 0 Å². The Morgan fingerprint density at radius 2 is 1.63 bits per heavy atom. The van der Waals surface area contributed by atoms with Crippen LogP contribution in [0.2, 0.25) is 0 Å². The van der Waals surface area contributed by atoms with Crippen LogP contribution in [0.4, 0.5) is 37.8 Å². The molecule has 5 rings (SSSR count). The van der Waals surface area contributed by atoms with Crippen molar-refractivity contribution in [1.29, 1.82) is 0 Å². The Balaban J connectivity index is 1.64. The summed E-state index contributed by atoms with van der Waals surface area (Å²) in [5.41, 5.74) is -1.34. The van der Waals surface area contributed by atoms with Gasteiger partial charge in [0.15, 0.2) is 5.82 Å². The number of benzene rings is 1. The van der Waals surface area contributed by atoms with Crippen molar-refractivity contribution in [3.05, 3.63) is 71.3 Å². The van der Waals surface area contributed by atoms with Gasteiger partial charge in [0.2, 0.25) is 0 Å². The first kappa shape index (κ1) is 22.9. The molecule has 0 radical (unpaired) electrons. The molecule has 182 valence electrons. The second-order valence-corrected chi connectivity index (χ2v) is 8.00. The summed E-state index contributed by atoms with van der Waals surface area (Å²) < 4.78 is 82.6. The van der Waals surface area contributed by atoms with Crippen molar-refractivity contribution in [1.82, 2.24) is 29.8 Å². The van der Waals surface area contributed by atoms with Crippen molar-refractivity contribution in [2.75, 3.05) is 11.4 Å². The predicted molar refractivity (Wildman–Crippen MR) is 113 cm³/mol. The van der Waals surface area contributed by atoms with Crippen LogP contribution in [0.25, 0.3) is 11.5 Å². The topological polar surface area (TPSA) is 64.7 Å². The first-order valence-electron chi connectivity index (χ1n) is 10.5. The van der Waals surface area contributed by atoms with Gasteiger partial charge in [-0.3, -0.25) is 0 Å². The molecule has 0 saturated heterocycles. The Labute approximate surface area is 194 Å². The minimum absolute atomic E-state index is 0.150. The second-order valence-electron chi connectivity index (χ2n) is 8.00. The lowest BCUT2D eigenvalue weighted by molar-refractivity contribution is -0.142. The molecule has 0 bridgehead atoms. The van der Waals surface area contributed by atoms with Gasteiger partial charge in [0.25, 0.3) is 0 Å². The average molecular weight is 493 g/mol. The number of rotatable bonds is 3. The highest BCUT2D eigenvalue weighted by Gasteiger charge is 2.40. The zero-order valence-corrected chi connectivity index (χ0v) is 18.1. The van der Waals surface area contributed by atoms with Crippen LogP contribution in [-0.2, 0) is 18.8 Å². The van der Waals surface area contributed by atoms with Crippen molar-refractivity contribution in [3.8, 4) is 11.5 Å². The van der Waals surface area contributed by atoms with Crippen molar-refractivity contribution in [2.24, 2.45) is 0 Å². The fourth-order valence-electron chi connectivity index (χ4n) is 4.15. The quantitative estimate of drug-likeness (QED) is 0.364. The van der Waals surface area contributed by atoms with Crippen LogP contribution in [0, 0.1) is 6.92 Å². The number of anilines is 2. The molecule has 0 saturated carbocycles. The third kappa shape index (κ3) is 4.21. The molecule has 0 unspecified atom stereocenters. The largest absolute Gasteiger partial charge is 0.418 e. The molecule has 0 aliphatic carbocycles. The number of hydrogen-bond donors (Lipinski definition) is 0. The third-order valence-electron chi connectivity index (χ3n) is 5.64. The van der Waals surface area contributed by atoms with E-state index in [0.29, 0.717) is 41.7 Å². The molecule has 4 aromatic rings. The maximum absolute atomic E-state index is 13.9. The maximum atomic E-state index is 13.9. The van der Waals surface area contributed by atoms with Gasteiger partial charge >= 0.3 is 12.4 Å². The lowest BCUT2D eigenvalue weighted by Crippen LogP contribution is -2.29. The number of aromatic nitrogens is 6. The van der Waals surface area contributed by atoms with Gasteiger partial charge in [-0.25, -0.2) is 9.67 Å². The van der Waals surface area contributed by atoms with E-state index in [1.807, 2.05) is 0 Å². The fourth-order valence-corrected chi connectivity index (χ4v) is 4.15. The Hall–Kier alpha value is -3.90. The highest BCUT2D eigenvalue weighted by Crippen LogP contribution is 2.44. The van der Waals surface area contributed by atoms with E-state index in [1.54, 1.807) is 29.9 Å². The number of fused-ring (bicyclic) bond motifs is 1. The minimum atomic E-state index is -4.99. The highest BCUT2D eigenvalue weighted by atomic mass is 19.4. The van der Waals surface area contributed by atoms with Gasteiger partial charge < -0.3 is 4.90 Å². The highest BCUT2D eigenvalue weighted by molar-refractivity contribution is 5.71. The second kappa shape index (κ2) is 8.10. The van der Waals surface area contributed by atoms with Gasteiger partial charge in [0, 0.05) is 30.1 Å². The molecule has 1 aliphatic heterocycles.